The van der Waals surface area contributed by atoms with E-state index in [0.717, 1.165) is 17.7 Å². The summed E-state index contributed by atoms with van der Waals surface area (Å²) in [5.74, 6) is 0.692. The zero-order chi connectivity index (χ0) is 13.4. The largest absolute Gasteiger partial charge is 0.485 e. The van der Waals surface area contributed by atoms with Crippen LogP contribution in [0.25, 0.3) is 0 Å². The van der Waals surface area contributed by atoms with Crippen LogP contribution in [0.4, 0.5) is 0 Å². The fourth-order valence-corrected chi connectivity index (χ4v) is 2.52. The Hall–Kier alpha value is -1.52. The highest BCUT2D eigenvalue weighted by Gasteiger charge is 2.28. The third kappa shape index (κ3) is 2.33. The van der Waals surface area contributed by atoms with Crippen molar-refractivity contribution in [3.63, 3.8) is 0 Å². The second kappa shape index (κ2) is 4.87. The van der Waals surface area contributed by atoms with E-state index in [0.29, 0.717) is 17.2 Å². The fourth-order valence-electron chi connectivity index (χ4n) is 2.34. The standard InChI is InChI=1S/C14H15ClN2O2/c1-2-17-8-9(7-16-17)14-6-12(18)11-5-10(15)3-4-13(11)19-14/h3-5,7-8,12,14,18H,2,6H2,1H3/t12-,14?/m1/s1. The van der Waals surface area contributed by atoms with Gasteiger partial charge in [-0.3, -0.25) is 4.68 Å². The lowest BCUT2D eigenvalue weighted by atomic mass is 9.96. The maximum atomic E-state index is 10.2. The molecule has 5 heteroatoms. The molecule has 1 aromatic heterocycles. The van der Waals surface area contributed by atoms with E-state index < -0.39 is 6.10 Å². The van der Waals surface area contributed by atoms with E-state index in [2.05, 4.69) is 5.10 Å². The molecule has 1 aliphatic heterocycles. The first-order valence-electron chi connectivity index (χ1n) is 6.34. The Bertz CT molecular complexity index is 597. The molecule has 1 unspecified atom stereocenters. The van der Waals surface area contributed by atoms with E-state index >= 15 is 0 Å². The lowest BCUT2D eigenvalue weighted by Crippen LogP contribution is -2.18. The molecule has 2 aromatic rings. The summed E-state index contributed by atoms with van der Waals surface area (Å²) < 4.78 is 7.78. The van der Waals surface area contributed by atoms with Gasteiger partial charge in [0.1, 0.15) is 11.9 Å². The van der Waals surface area contributed by atoms with Crippen molar-refractivity contribution < 1.29 is 9.84 Å². The number of hydrogen-bond donors (Lipinski definition) is 1. The Morgan fingerprint density at radius 1 is 1.53 bits per heavy atom. The second-order valence-corrected chi connectivity index (χ2v) is 5.11. The molecule has 1 aliphatic rings. The summed E-state index contributed by atoms with van der Waals surface area (Å²) in [4.78, 5) is 0. The minimum absolute atomic E-state index is 0.163. The molecule has 0 fully saturated rings. The number of hydrogen-bond acceptors (Lipinski definition) is 3. The number of halogens is 1. The van der Waals surface area contributed by atoms with Gasteiger partial charge in [0, 0.05) is 35.3 Å². The SMILES string of the molecule is CCn1cc(C2C[C@@H](O)c3cc(Cl)ccc3O2)cn1. The average molecular weight is 279 g/mol. The molecule has 0 aliphatic carbocycles. The molecule has 1 N–H and O–H groups in total. The van der Waals surface area contributed by atoms with E-state index in [1.54, 1.807) is 24.4 Å². The molecule has 1 aromatic carbocycles. The molecule has 0 saturated carbocycles. The van der Waals surface area contributed by atoms with Crippen LogP contribution in [-0.2, 0) is 6.54 Å². The predicted octanol–water partition coefficient (Wildman–Crippen LogP) is 3.11. The van der Waals surface area contributed by atoms with Crippen molar-refractivity contribution in [1.29, 1.82) is 0 Å². The van der Waals surface area contributed by atoms with Crippen molar-refractivity contribution >= 4 is 11.6 Å². The molecule has 0 bridgehead atoms. The number of aromatic nitrogens is 2. The number of rotatable bonds is 2. The number of aliphatic hydroxyl groups excluding tert-OH is 1. The van der Waals surface area contributed by atoms with Crippen LogP contribution in [0, 0.1) is 0 Å². The van der Waals surface area contributed by atoms with Crippen molar-refractivity contribution in [2.75, 3.05) is 0 Å². The van der Waals surface area contributed by atoms with Gasteiger partial charge < -0.3 is 9.84 Å². The van der Waals surface area contributed by atoms with Crippen LogP contribution in [-0.4, -0.2) is 14.9 Å². The summed E-state index contributed by atoms with van der Waals surface area (Å²) in [5.41, 5.74) is 1.74. The number of nitrogens with zero attached hydrogens (tertiary/aromatic N) is 2. The quantitative estimate of drug-likeness (QED) is 0.918. The Morgan fingerprint density at radius 2 is 2.37 bits per heavy atom. The Labute approximate surface area is 116 Å². The molecule has 0 amide bonds. The molecule has 0 radical (unpaired) electrons. The van der Waals surface area contributed by atoms with E-state index in [1.165, 1.54) is 0 Å². The second-order valence-electron chi connectivity index (χ2n) is 4.67. The van der Waals surface area contributed by atoms with Crippen molar-refractivity contribution in [2.45, 2.75) is 32.1 Å². The first-order chi connectivity index (χ1) is 9.17. The Kier molecular flexibility index (Phi) is 3.21. The van der Waals surface area contributed by atoms with Crippen molar-refractivity contribution in [2.24, 2.45) is 0 Å². The molecule has 100 valence electrons. The summed E-state index contributed by atoms with van der Waals surface area (Å²) in [6.07, 6.45) is 3.55. The molecule has 19 heavy (non-hydrogen) atoms. The van der Waals surface area contributed by atoms with Crippen molar-refractivity contribution in [3.8, 4) is 5.75 Å². The summed E-state index contributed by atoms with van der Waals surface area (Å²) in [5, 5.41) is 15.1. The van der Waals surface area contributed by atoms with Crippen LogP contribution in [0.1, 0.15) is 36.7 Å². The van der Waals surface area contributed by atoms with Gasteiger partial charge in [0.25, 0.3) is 0 Å². The number of aliphatic hydroxyl groups is 1. The molecule has 2 heterocycles. The summed E-state index contributed by atoms with van der Waals surface area (Å²) in [6.45, 7) is 2.85. The molecular formula is C14H15ClN2O2. The van der Waals surface area contributed by atoms with Gasteiger partial charge in [0.05, 0.1) is 12.3 Å². The molecule has 3 rings (SSSR count). The molecule has 0 spiro atoms. The number of benzene rings is 1. The van der Waals surface area contributed by atoms with E-state index in [1.807, 2.05) is 17.8 Å². The first-order valence-corrected chi connectivity index (χ1v) is 6.71. The topological polar surface area (TPSA) is 47.3 Å². The van der Waals surface area contributed by atoms with Crippen LogP contribution in [0.15, 0.2) is 30.6 Å². The van der Waals surface area contributed by atoms with Gasteiger partial charge in [-0.25, -0.2) is 0 Å². The molecular weight excluding hydrogens is 264 g/mol. The van der Waals surface area contributed by atoms with E-state index in [-0.39, 0.29) is 6.10 Å². The molecule has 2 atom stereocenters. The van der Waals surface area contributed by atoms with Crippen LogP contribution in [0.2, 0.25) is 5.02 Å². The zero-order valence-electron chi connectivity index (χ0n) is 10.6. The minimum Gasteiger partial charge on any atom is -0.485 e. The fraction of sp³-hybridized carbons (Fsp3) is 0.357. The maximum absolute atomic E-state index is 10.2. The highest BCUT2D eigenvalue weighted by molar-refractivity contribution is 6.30. The highest BCUT2D eigenvalue weighted by atomic mass is 35.5. The van der Waals surface area contributed by atoms with Crippen LogP contribution in [0.5, 0.6) is 5.75 Å². The molecule has 0 saturated heterocycles. The van der Waals surface area contributed by atoms with Gasteiger partial charge in [0.15, 0.2) is 0 Å². The van der Waals surface area contributed by atoms with E-state index in [4.69, 9.17) is 16.3 Å². The monoisotopic (exact) mass is 278 g/mol. The zero-order valence-corrected chi connectivity index (χ0v) is 11.3. The van der Waals surface area contributed by atoms with Gasteiger partial charge in [-0.05, 0) is 25.1 Å². The normalized spacial score (nSPS) is 21.8. The van der Waals surface area contributed by atoms with Crippen molar-refractivity contribution in [1.82, 2.24) is 9.78 Å². The number of fused-ring (bicyclic) bond motifs is 1. The first kappa shape index (κ1) is 12.5. The third-order valence-corrected chi connectivity index (χ3v) is 3.62. The molecule has 4 nitrogen and oxygen atoms in total. The van der Waals surface area contributed by atoms with Gasteiger partial charge in [0.2, 0.25) is 0 Å². The number of aryl methyl sites for hydroxylation is 1. The van der Waals surface area contributed by atoms with Gasteiger partial charge >= 0.3 is 0 Å². The van der Waals surface area contributed by atoms with E-state index in [9.17, 15) is 5.11 Å². The lowest BCUT2D eigenvalue weighted by Gasteiger charge is -2.29. The van der Waals surface area contributed by atoms with Gasteiger partial charge in [-0.15, -0.1) is 0 Å². The summed E-state index contributed by atoms with van der Waals surface area (Å²) in [6, 6.07) is 5.33. The van der Waals surface area contributed by atoms with Gasteiger partial charge in [-0.2, -0.15) is 5.10 Å². The van der Waals surface area contributed by atoms with Crippen molar-refractivity contribution in [3.05, 3.63) is 46.7 Å². The lowest BCUT2D eigenvalue weighted by molar-refractivity contribution is 0.0657. The van der Waals surface area contributed by atoms with Gasteiger partial charge in [-0.1, -0.05) is 11.6 Å². The smallest absolute Gasteiger partial charge is 0.130 e. The van der Waals surface area contributed by atoms with Crippen LogP contribution >= 0.6 is 11.6 Å². The summed E-state index contributed by atoms with van der Waals surface area (Å²) >= 11 is 5.94. The Morgan fingerprint density at radius 3 is 3.11 bits per heavy atom. The highest BCUT2D eigenvalue weighted by Crippen LogP contribution is 2.41. The van der Waals surface area contributed by atoms with Crippen LogP contribution in [0.3, 0.4) is 0 Å². The maximum Gasteiger partial charge on any atom is 0.130 e. The predicted molar refractivity (Wildman–Crippen MR) is 72.3 cm³/mol. The summed E-state index contributed by atoms with van der Waals surface area (Å²) in [7, 11) is 0. The minimum atomic E-state index is -0.558. The average Bonchev–Trinajstić information content (AvgIpc) is 2.88. The third-order valence-electron chi connectivity index (χ3n) is 3.39. The van der Waals surface area contributed by atoms with Crippen LogP contribution < -0.4 is 4.74 Å². The Balaban J connectivity index is 1.90. The number of ether oxygens (including phenoxy) is 1.